The average molecular weight is 294 g/mol. The van der Waals surface area contributed by atoms with Crippen LogP contribution in [0.3, 0.4) is 0 Å². The van der Waals surface area contributed by atoms with Crippen LogP contribution in [0.15, 0.2) is 24.3 Å². The lowest BCUT2D eigenvalue weighted by molar-refractivity contribution is 0.0932. The Morgan fingerprint density at radius 3 is 2.85 bits per heavy atom. The molecule has 1 aromatic carbocycles. The van der Waals surface area contributed by atoms with Gasteiger partial charge in [0.1, 0.15) is 0 Å². The number of rotatable bonds is 4. The van der Waals surface area contributed by atoms with Gasteiger partial charge in [-0.15, -0.1) is 0 Å². The number of likely N-dealkylation sites (tertiary alicyclic amines) is 1. The molecular formula is C17H24ClNO. The van der Waals surface area contributed by atoms with Crippen LogP contribution in [0.2, 0.25) is 5.02 Å². The van der Waals surface area contributed by atoms with Crippen molar-refractivity contribution >= 4 is 17.4 Å². The van der Waals surface area contributed by atoms with Crippen molar-refractivity contribution in [2.24, 2.45) is 11.8 Å². The Bertz CT molecular complexity index is 458. The van der Waals surface area contributed by atoms with Crippen molar-refractivity contribution in [3.8, 4) is 0 Å². The molecule has 1 unspecified atom stereocenters. The fraction of sp³-hybridized carbons (Fsp3) is 0.588. The molecule has 0 amide bonds. The molecule has 0 spiro atoms. The molecule has 0 saturated carbocycles. The third kappa shape index (κ3) is 4.32. The number of carbonyl (C=O) groups excluding carboxylic acids is 1. The second-order valence-corrected chi connectivity index (χ2v) is 6.58. The van der Waals surface area contributed by atoms with Gasteiger partial charge < -0.3 is 0 Å². The van der Waals surface area contributed by atoms with Crippen molar-refractivity contribution in [2.75, 3.05) is 19.6 Å². The van der Waals surface area contributed by atoms with Crippen molar-refractivity contribution in [3.05, 3.63) is 34.9 Å². The Labute approximate surface area is 127 Å². The molecule has 3 heteroatoms. The minimum Gasteiger partial charge on any atom is -0.296 e. The van der Waals surface area contributed by atoms with E-state index in [9.17, 15) is 4.79 Å². The molecule has 0 aromatic heterocycles. The number of hydrogen-bond donors (Lipinski definition) is 0. The lowest BCUT2D eigenvalue weighted by atomic mass is 9.89. The molecule has 0 radical (unpaired) electrons. The minimum atomic E-state index is 0.176. The molecule has 1 aliphatic heterocycles. The van der Waals surface area contributed by atoms with Crippen molar-refractivity contribution in [1.29, 1.82) is 0 Å². The summed E-state index contributed by atoms with van der Waals surface area (Å²) in [6.45, 7) is 7.20. The van der Waals surface area contributed by atoms with E-state index in [0.29, 0.717) is 11.6 Å². The zero-order valence-corrected chi connectivity index (χ0v) is 13.2. The molecule has 1 heterocycles. The molecule has 0 bridgehead atoms. The summed E-state index contributed by atoms with van der Waals surface area (Å²) in [7, 11) is 0. The zero-order valence-electron chi connectivity index (χ0n) is 12.4. The monoisotopic (exact) mass is 293 g/mol. The Kier molecular flexibility index (Phi) is 5.62. The summed E-state index contributed by atoms with van der Waals surface area (Å²) in [6, 6.07) is 7.26. The van der Waals surface area contributed by atoms with Crippen molar-refractivity contribution in [3.63, 3.8) is 0 Å². The maximum Gasteiger partial charge on any atom is 0.176 e. The van der Waals surface area contributed by atoms with E-state index in [2.05, 4.69) is 18.7 Å². The first-order valence-corrected chi connectivity index (χ1v) is 7.95. The number of carbonyl (C=O) groups is 1. The standard InChI is InChI=1S/C17H24ClNO/c1-13(2)14-6-4-9-19(10-8-14)12-17(20)15-5-3-7-16(18)11-15/h3,5,7,11,13-14H,4,6,8-10,12H2,1-2H3. The zero-order chi connectivity index (χ0) is 14.5. The van der Waals surface area contributed by atoms with Crippen LogP contribution >= 0.6 is 11.6 Å². The first kappa shape index (κ1) is 15.5. The van der Waals surface area contributed by atoms with Gasteiger partial charge in [0.25, 0.3) is 0 Å². The summed E-state index contributed by atoms with van der Waals surface area (Å²) in [5.74, 6) is 1.73. The average Bonchev–Trinajstić information content (AvgIpc) is 2.64. The minimum absolute atomic E-state index is 0.176. The van der Waals surface area contributed by atoms with Crippen LogP contribution in [0.1, 0.15) is 43.5 Å². The van der Waals surface area contributed by atoms with Gasteiger partial charge >= 0.3 is 0 Å². The van der Waals surface area contributed by atoms with Gasteiger partial charge in [0.05, 0.1) is 6.54 Å². The predicted octanol–water partition coefficient (Wildman–Crippen LogP) is 4.28. The Morgan fingerprint density at radius 2 is 2.15 bits per heavy atom. The largest absolute Gasteiger partial charge is 0.296 e. The van der Waals surface area contributed by atoms with Crippen LogP contribution < -0.4 is 0 Å². The van der Waals surface area contributed by atoms with Gasteiger partial charge in [-0.1, -0.05) is 37.6 Å². The fourth-order valence-electron chi connectivity index (χ4n) is 2.96. The first-order valence-electron chi connectivity index (χ1n) is 7.57. The lowest BCUT2D eigenvalue weighted by Crippen LogP contribution is -2.31. The van der Waals surface area contributed by atoms with E-state index in [1.165, 1.54) is 19.3 Å². The van der Waals surface area contributed by atoms with Gasteiger partial charge in [-0.05, 0) is 56.3 Å². The third-order valence-electron chi connectivity index (χ3n) is 4.32. The normalized spacial score (nSPS) is 20.9. The molecule has 2 rings (SSSR count). The summed E-state index contributed by atoms with van der Waals surface area (Å²) in [5, 5.41) is 0.631. The van der Waals surface area contributed by atoms with Gasteiger partial charge in [-0.3, -0.25) is 9.69 Å². The summed E-state index contributed by atoms with van der Waals surface area (Å²) >= 11 is 5.95. The van der Waals surface area contributed by atoms with Gasteiger partial charge in [0, 0.05) is 10.6 Å². The van der Waals surface area contributed by atoms with Crippen molar-refractivity contribution < 1.29 is 4.79 Å². The van der Waals surface area contributed by atoms with Crippen molar-refractivity contribution in [1.82, 2.24) is 4.90 Å². The number of hydrogen-bond acceptors (Lipinski definition) is 2. The molecular weight excluding hydrogens is 270 g/mol. The first-order chi connectivity index (χ1) is 9.56. The number of benzene rings is 1. The number of nitrogens with zero attached hydrogens (tertiary/aromatic N) is 1. The lowest BCUT2D eigenvalue weighted by Gasteiger charge is -2.20. The second kappa shape index (κ2) is 7.24. The molecule has 20 heavy (non-hydrogen) atoms. The highest BCUT2D eigenvalue weighted by Crippen LogP contribution is 2.24. The smallest absolute Gasteiger partial charge is 0.176 e. The van der Waals surface area contributed by atoms with E-state index < -0.39 is 0 Å². The van der Waals surface area contributed by atoms with Gasteiger partial charge in [-0.2, -0.15) is 0 Å². The Hall–Kier alpha value is -0.860. The van der Waals surface area contributed by atoms with Gasteiger partial charge in [0.15, 0.2) is 5.78 Å². The summed E-state index contributed by atoms with van der Waals surface area (Å²) in [6.07, 6.45) is 3.70. The molecule has 1 saturated heterocycles. The fourth-order valence-corrected chi connectivity index (χ4v) is 3.15. The maximum absolute atomic E-state index is 12.3. The van der Waals surface area contributed by atoms with Crippen LogP contribution in [-0.2, 0) is 0 Å². The Morgan fingerprint density at radius 1 is 1.35 bits per heavy atom. The molecule has 110 valence electrons. The highest BCUT2D eigenvalue weighted by atomic mass is 35.5. The molecule has 2 nitrogen and oxygen atoms in total. The van der Waals surface area contributed by atoms with Crippen LogP contribution in [0.5, 0.6) is 0 Å². The van der Waals surface area contributed by atoms with E-state index in [1.807, 2.05) is 12.1 Å². The molecule has 1 atom stereocenters. The van der Waals surface area contributed by atoms with Crippen LogP contribution in [0, 0.1) is 11.8 Å². The predicted molar refractivity (Wildman–Crippen MR) is 84.4 cm³/mol. The van der Waals surface area contributed by atoms with E-state index in [1.54, 1.807) is 12.1 Å². The molecule has 1 aromatic rings. The summed E-state index contributed by atoms with van der Waals surface area (Å²) < 4.78 is 0. The molecule has 1 fully saturated rings. The number of Topliss-reactive ketones (excluding diaryl/α,β-unsaturated/α-hetero) is 1. The highest BCUT2D eigenvalue weighted by Gasteiger charge is 2.21. The molecule has 0 aliphatic carbocycles. The second-order valence-electron chi connectivity index (χ2n) is 6.14. The van der Waals surface area contributed by atoms with E-state index in [4.69, 9.17) is 11.6 Å². The third-order valence-corrected chi connectivity index (χ3v) is 4.56. The van der Waals surface area contributed by atoms with Crippen LogP contribution in [0.4, 0.5) is 0 Å². The van der Waals surface area contributed by atoms with Gasteiger partial charge in [-0.25, -0.2) is 0 Å². The van der Waals surface area contributed by atoms with E-state index in [0.717, 1.165) is 30.5 Å². The number of halogens is 1. The number of ketones is 1. The van der Waals surface area contributed by atoms with E-state index >= 15 is 0 Å². The van der Waals surface area contributed by atoms with E-state index in [-0.39, 0.29) is 5.78 Å². The van der Waals surface area contributed by atoms with Crippen LogP contribution in [-0.4, -0.2) is 30.3 Å². The molecule has 0 N–H and O–H groups in total. The highest BCUT2D eigenvalue weighted by molar-refractivity contribution is 6.31. The quantitative estimate of drug-likeness (QED) is 0.772. The summed E-state index contributed by atoms with van der Waals surface area (Å²) in [5.41, 5.74) is 0.724. The van der Waals surface area contributed by atoms with Crippen molar-refractivity contribution in [2.45, 2.75) is 33.1 Å². The van der Waals surface area contributed by atoms with Crippen LogP contribution in [0.25, 0.3) is 0 Å². The maximum atomic E-state index is 12.3. The SMILES string of the molecule is CC(C)C1CCCN(CC(=O)c2cccc(Cl)c2)CC1. The Balaban J connectivity index is 1.91. The van der Waals surface area contributed by atoms with Gasteiger partial charge in [0.2, 0.25) is 0 Å². The molecule has 1 aliphatic rings. The topological polar surface area (TPSA) is 20.3 Å². The summed E-state index contributed by atoms with van der Waals surface area (Å²) in [4.78, 5) is 14.6.